The molecule has 0 saturated heterocycles. The van der Waals surface area contributed by atoms with Crippen LogP contribution in [0.1, 0.15) is 0 Å². The van der Waals surface area contributed by atoms with Gasteiger partial charge in [0, 0.05) is 33.5 Å². The number of nitrogens with zero attached hydrogens (tertiary/aromatic N) is 1. The number of hydrogen-bond acceptors (Lipinski definition) is 3. The van der Waals surface area contributed by atoms with Gasteiger partial charge in [-0.2, -0.15) is 0 Å². The summed E-state index contributed by atoms with van der Waals surface area (Å²) >= 11 is 0. The molecule has 0 saturated carbocycles. The van der Waals surface area contributed by atoms with E-state index in [0.29, 0.717) is 6.61 Å². The standard InChI is InChI=1S/C8H17NO2/c1-8(7-11-4)9(2)5-6-10-3/h1,5-7H2,2-4H3. The molecule has 0 aliphatic heterocycles. The smallest absolute Gasteiger partial charge is 0.0854 e. The molecule has 0 aromatic carbocycles. The van der Waals surface area contributed by atoms with Crippen molar-refractivity contribution < 1.29 is 9.47 Å². The third kappa shape index (κ3) is 4.81. The first-order valence-corrected chi connectivity index (χ1v) is 3.59. The highest BCUT2D eigenvalue weighted by molar-refractivity contribution is 4.91. The van der Waals surface area contributed by atoms with Crippen LogP contribution in [0.4, 0.5) is 0 Å². The minimum atomic E-state index is 0.584. The van der Waals surface area contributed by atoms with E-state index in [1.54, 1.807) is 14.2 Å². The number of likely N-dealkylation sites (N-methyl/N-ethyl adjacent to an activating group) is 1. The van der Waals surface area contributed by atoms with Gasteiger partial charge >= 0.3 is 0 Å². The fourth-order valence-corrected chi connectivity index (χ4v) is 0.663. The third-order valence-electron chi connectivity index (χ3n) is 1.48. The van der Waals surface area contributed by atoms with Gasteiger partial charge in [-0.15, -0.1) is 0 Å². The lowest BCUT2D eigenvalue weighted by Gasteiger charge is -2.20. The van der Waals surface area contributed by atoms with Crippen LogP contribution in [-0.2, 0) is 9.47 Å². The van der Waals surface area contributed by atoms with Crippen molar-refractivity contribution in [2.24, 2.45) is 0 Å². The molecule has 0 heterocycles. The Morgan fingerprint density at radius 1 is 1.36 bits per heavy atom. The van der Waals surface area contributed by atoms with Gasteiger partial charge in [-0.3, -0.25) is 0 Å². The van der Waals surface area contributed by atoms with Crippen LogP contribution in [0.2, 0.25) is 0 Å². The zero-order chi connectivity index (χ0) is 8.69. The molecule has 0 N–H and O–H groups in total. The average molecular weight is 159 g/mol. The fourth-order valence-electron chi connectivity index (χ4n) is 0.663. The molecule has 0 atom stereocenters. The Labute approximate surface area is 68.6 Å². The molecule has 0 bridgehead atoms. The van der Waals surface area contributed by atoms with Crippen LogP contribution in [0.25, 0.3) is 0 Å². The van der Waals surface area contributed by atoms with Gasteiger partial charge in [-0.05, 0) is 0 Å². The Morgan fingerprint density at radius 3 is 2.45 bits per heavy atom. The topological polar surface area (TPSA) is 21.7 Å². The highest BCUT2D eigenvalue weighted by Crippen LogP contribution is 1.96. The van der Waals surface area contributed by atoms with Gasteiger partial charge in [0.05, 0.1) is 13.2 Å². The molecule has 11 heavy (non-hydrogen) atoms. The molecule has 66 valence electrons. The van der Waals surface area contributed by atoms with E-state index in [1.807, 2.05) is 11.9 Å². The number of hydrogen-bond donors (Lipinski definition) is 0. The Morgan fingerprint density at radius 2 is 2.00 bits per heavy atom. The summed E-state index contributed by atoms with van der Waals surface area (Å²) < 4.78 is 9.84. The summed E-state index contributed by atoms with van der Waals surface area (Å²) in [5.41, 5.74) is 0.976. The fraction of sp³-hybridized carbons (Fsp3) is 0.750. The maximum atomic E-state index is 4.92. The van der Waals surface area contributed by atoms with Gasteiger partial charge in [0.1, 0.15) is 0 Å². The number of methoxy groups -OCH3 is 2. The average Bonchev–Trinajstić information content (AvgIpc) is 2.00. The highest BCUT2D eigenvalue weighted by Gasteiger charge is 1.99. The quantitative estimate of drug-likeness (QED) is 0.570. The molecule has 0 fully saturated rings. The van der Waals surface area contributed by atoms with Crippen LogP contribution in [0.5, 0.6) is 0 Å². The zero-order valence-electron chi connectivity index (χ0n) is 7.59. The van der Waals surface area contributed by atoms with Gasteiger partial charge in [0.2, 0.25) is 0 Å². The van der Waals surface area contributed by atoms with Gasteiger partial charge < -0.3 is 14.4 Å². The van der Waals surface area contributed by atoms with E-state index in [4.69, 9.17) is 9.47 Å². The van der Waals surface area contributed by atoms with Crippen molar-refractivity contribution in [3.05, 3.63) is 12.3 Å². The summed E-state index contributed by atoms with van der Waals surface area (Å²) in [6, 6.07) is 0. The first-order valence-electron chi connectivity index (χ1n) is 3.59. The van der Waals surface area contributed by atoms with E-state index in [1.165, 1.54) is 0 Å². The maximum Gasteiger partial charge on any atom is 0.0854 e. The van der Waals surface area contributed by atoms with Gasteiger partial charge in [0.25, 0.3) is 0 Å². The van der Waals surface area contributed by atoms with Crippen molar-refractivity contribution >= 4 is 0 Å². The first-order chi connectivity index (χ1) is 5.22. The van der Waals surface area contributed by atoms with Crippen molar-refractivity contribution in [3.8, 4) is 0 Å². The van der Waals surface area contributed by atoms with E-state index in [9.17, 15) is 0 Å². The Kier molecular flexibility index (Phi) is 5.88. The Hall–Kier alpha value is -0.540. The number of ether oxygens (including phenoxy) is 2. The first kappa shape index (κ1) is 10.5. The van der Waals surface area contributed by atoms with E-state index in [2.05, 4.69) is 6.58 Å². The van der Waals surface area contributed by atoms with Crippen LogP contribution >= 0.6 is 0 Å². The lowest BCUT2D eigenvalue weighted by atomic mass is 10.4. The molecule has 0 rings (SSSR count). The molecule has 0 aliphatic carbocycles. The normalized spacial score (nSPS) is 9.73. The van der Waals surface area contributed by atoms with Crippen LogP contribution < -0.4 is 0 Å². The molecule has 3 heteroatoms. The second kappa shape index (κ2) is 6.19. The lowest BCUT2D eigenvalue weighted by molar-refractivity contribution is 0.155. The molecule has 0 spiro atoms. The summed E-state index contributed by atoms with van der Waals surface area (Å²) in [7, 11) is 5.32. The largest absolute Gasteiger partial charge is 0.383 e. The second-order valence-corrected chi connectivity index (χ2v) is 2.41. The number of rotatable bonds is 6. The Balaban J connectivity index is 3.46. The predicted molar refractivity (Wildman–Crippen MR) is 45.5 cm³/mol. The van der Waals surface area contributed by atoms with Crippen molar-refractivity contribution in [3.63, 3.8) is 0 Å². The summed E-state index contributed by atoms with van der Waals surface area (Å²) in [6.07, 6.45) is 0. The summed E-state index contributed by atoms with van der Waals surface area (Å²) in [6.45, 7) is 6.01. The third-order valence-corrected chi connectivity index (χ3v) is 1.48. The molecule has 3 nitrogen and oxygen atoms in total. The minimum absolute atomic E-state index is 0.584. The van der Waals surface area contributed by atoms with Crippen LogP contribution in [0, 0.1) is 0 Å². The van der Waals surface area contributed by atoms with E-state index < -0.39 is 0 Å². The van der Waals surface area contributed by atoms with Crippen LogP contribution in [0.3, 0.4) is 0 Å². The molecular weight excluding hydrogens is 142 g/mol. The van der Waals surface area contributed by atoms with Gasteiger partial charge in [0.15, 0.2) is 0 Å². The molecule has 0 radical (unpaired) electrons. The zero-order valence-corrected chi connectivity index (χ0v) is 7.59. The molecule has 0 unspecified atom stereocenters. The highest BCUT2D eigenvalue weighted by atomic mass is 16.5. The molecule has 0 aromatic rings. The molecule has 0 amide bonds. The molecule has 0 aliphatic rings. The van der Waals surface area contributed by atoms with Crippen molar-refractivity contribution in [1.82, 2.24) is 4.90 Å². The van der Waals surface area contributed by atoms with Crippen molar-refractivity contribution in [2.45, 2.75) is 0 Å². The second-order valence-electron chi connectivity index (χ2n) is 2.41. The van der Waals surface area contributed by atoms with E-state index >= 15 is 0 Å². The van der Waals surface area contributed by atoms with Gasteiger partial charge in [-0.25, -0.2) is 0 Å². The summed E-state index contributed by atoms with van der Waals surface area (Å²) in [5, 5.41) is 0. The van der Waals surface area contributed by atoms with Crippen LogP contribution in [0.15, 0.2) is 12.3 Å². The maximum absolute atomic E-state index is 4.92. The van der Waals surface area contributed by atoms with E-state index in [0.717, 1.165) is 18.8 Å². The van der Waals surface area contributed by atoms with Crippen molar-refractivity contribution in [2.75, 3.05) is 41.0 Å². The van der Waals surface area contributed by atoms with Crippen molar-refractivity contribution in [1.29, 1.82) is 0 Å². The Bertz CT molecular complexity index is 115. The van der Waals surface area contributed by atoms with Crippen LogP contribution in [-0.4, -0.2) is 45.9 Å². The SMILES string of the molecule is C=C(COC)N(C)CCOC. The molecular formula is C8H17NO2. The molecule has 0 aromatic heterocycles. The minimum Gasteiger partial charge on any atom is -0.383 e. The lowest BCUT2D eigenvalue weighted by Crippen LogP contribution is -2.23. The monoisotopic (exact) mass is 159 g/mol. The summed E-state index contributed by atoms with van der Waals surface area (Å²) in [5.74, 6) is 0. The van der Waals surface area contributed by atoms with Gasteiger partial charge in [-0.1, -0.05) is 6.58 Å². The summed E-state index contributed by atoms with van der Waals surface area (Å²) in [4.78, 5) is 2.02. The predicted octanol–water partition coefficient (Wildman–Crippen LogP) is 0.725. The van der Waals surface area contributed by atoms with E-state index in [-0.39, 0.29) is 0 Å².